The lowest BCUT2D eigenvalue weighted by Crippen LogP contribution is -2.11. The summed E-state index contributed by atoms with van der Waals surface area (Å²) >= 11 is 1.76. The van der Waals surface area contributed by atoms with Gasteiger partial charge in [-0.2, -0.15) is 0 Å². The fraction of sp³-hybridized carbons (Fsp3) is 0.455. The number of nitrogens with zero attached hydrogens (tertiary/aromatic N) is 2. The number of nitrogens with one attached hydrogen (secondary N) is 2. The summed E-state index contributed by atoms with van der Waals surface area (Å²) in [5.41, 5.74) is 0. The van der Waals surface area contributed by atoms with Gasteiger partial charge in [0.15, 0.2) is 0 Å². The van der Waals surface area contributed by atoms with Crippen LogP contribution in [0.5, 0.6) is 0 Å². The first-order chi connectivity index (χ1) is 8.38. The highest BCUT2D eigenvalue weighted by Gasteiger charge is 2.04. The van der Waals surface area contributed by atoms with E-state index in [4.69, 9.17) is 4.42 Å². The molecule has 0 radical (unpaired) electrons. The second kappa shape index (κ2) is 6.36. The van der Waals surface area contributed by atoms with E-state index in [1.165, 1.54) is 4.88 Å². The molecule has 0 unspecified atom stereocenters. The van der Waals surface area contributed by atoms with Gasteiger partial charge in [0, 0.05) is 11.4 Å². The molecule has 5 nitrogen and oxygen atoms in total. The van der Waals surface area contributed by atoms with Gasteiger partial charge in [-0.05, 0) is 24.4 Å². The van der Waals surface area contributed by atoms with E-state index in [2.05, 4.69) is 38.3 Å². The quantitative estimate of drug-likeness (QED) is 0.788. The molecule has 0 atom stereocenters. The Hall–Kier alpha value is -1.40. The predicted molar refractivity (Wildman–Crippen MR) is 68.2 cm³/mol. The van der Waals surface area contributed by atoms with Gasteiger partial charge in [-0.25, -0.2) is 0 Å². The van der Waals surface area contributed by atoms with E-state index in [1.54, 1.807) is 11.3 Å². The molecule has 92 valence electrons. The lowest BCUT2D eigenvalue weighted by Gasteiger charge is -1.98. The molecule has 0 aromatic carbocycles. The maximum Gasteiger partial charge on any atom is 0.315 e. The largest absolute Gasteiger partial charge is 0.407 e. The van der Waals surface area contributed by atoms with E-state index in [1.807, 2.05) is 6.92 Å². The Kier molecular flexibility index (Phi) is 4.52. The van der Waals surface area contributed by atoms with Gasteiger partial charge in [-0.3, -0.25) is 0 Å². The average Bonchev–Trinajstić information content (AvgIpc) is 2.98. The van der Waals surface area contributed by atoms with Crippen molar-refractivity contribution in [3.63, 3.8) is 0 Å². The van der Waals surface area contributed by atoms with E-state index in [9.17, 15) is 0 Å². The third kappa shape index (κ3) is 3.83. The van der Waals surface area contributed by atoms with E-state index >= 15 is 0 Å². The van der Waals surface area contributed by atoms with Crippen molar-refractivity contribution in [1.29, 1.82) is 0 Å². The third-order valence-electron chi connectivity index (χ3n) is 2.22. The Bertz CT molecular complexity index is 426. The fourth-order valence-electron chi connectivity index (χ4n) is 1.38. The molecule has 0 bridgehead atoms. The van der Waals surface area contributed by atoms with Crippen LogP contribution in [0.2, 0.25) is 0 Å². The lowest BCUT2D eigenvalue weighted by molar-refractivity contribution is 0.481. The van der Waals surface area contributed by atoms with E-state index in [0.717, 1.165) is 19.5 Å². The van der Waals surface area contributed by atoms with Crippen LogP contribution in [0.3, 0.4) is 0 Å². The highest BCUT2D eigenvalue weighted by Crippen LogP contribution is 2.10. The minimum Gasteiger partial charge on any atom is -0.407 e. The normalized spacial score (nSPS) is 10.6. The Morgan fingerprint density at radius 2 is 2.35 bits per heavy atom. The Labute approximate surface area is 104 Å². The molecule has 0 fully saturated rings. The van der Waals surface area contributed by atoms with Crippen molar-refractivity contribution in [2.75, 3.05) is 18.4 Å². The molecule has 0 aliphatic rings. The molecule has 2 aromatic rings. The smallest absolute Gasteiger partial charge is 0.315 e. The third-order valence-corrected chi connectivity index (χ3v) is 3.16. The summed E-state index contributed by atoms with van der Waals surface area (Å²) in [5, 5.41) is 16.2. The van der Waals surface area contributed by atoms with Gasteiger partial charge in [0.1, 0.15) is 0 Å². The van der Waals surface area contributed by atoms with Crippen LogP contribution in [0.15, 0.2) is 21.9 Å². The number of rotatable bonds is 7. The van der Waals surface area contributed by atoms with Crippen LogP contribution in [0, 0.1) is 0 Å². The number of hydrogen-bond donors (Lipinski definition) is 2. The van der Waals surface area contributed by atoms with Crippen molar-refractivity contribution >= 4 is 17.4 Å². The Morgan fingerprint density at radius 3 is 3.12 bits per heavy atom. The van der Waals surface area contributed by atoms with Crippen LogP contribution in [0.4, 0.5) is 6.01 Å². The van der Waals surface area contributed by atoms with Gasteiger partial charge < -0.3 is 15.1 Å². The van der Waals surface area contributed by atoms with Crippen molar-refractivity contribution < 1.29 is 4.42 Å². The minimum absolute atomic E-state index is 0.495. The molecule has 6 heteroatoms. The second-order valence-electron chi connectivity index (χ2n) is 3.54. The molecule has 2 N–H and O–H groups in total. The van der Waals surface area contributed by atoms with Gasteiger partial charge in [0.25, 0.3) is 0 Å². The average molecular weight is 252 g/mol. The zero-order valence-electron chi connectivity index (χ0n) is 9.77. The van der Waals surface area contributed by atoms with E-state index < -0.39 is 0 Å². The van der Waals surface area contributed by atoms with Gasteiger partial charge in [0.05, 0.1) is 6.54 Å². The number of aromatic nitrogens is 2. The van der Waals surface area contributed by atoms with Gasteiger partial charge >= 0.3 is 6.01 Å². The fourth-order valence-corrected chi connectivity index (χ4v) is 2.08. The standard InChI is InChI=1S/C11H16N4OS/c1-2-12-8-10-14-15-11(16-10)13-6-5-9-4-3-7-17-9/h3-4,7,12H,2,5-6,8H2,1H3,(H,13,15). The maximum atomic E-state index is 5.41. The molecule has 17 heavy (non-hydrogen) atoms. The minimum atomic E-state index is 0.495. The van der Waals surface area contributed by atoms with Crippen molar-refractivity contribution in [3.05, 3.63) is 28.3 Å². The summed E-state index contributed by atoms with van der Waals surface area (Å²) in [7, 11) is 0. The highest BCUT2D eigenvalue weighted by atomic mass is 32.1. The van der Waals surface area contributed by atoms with E-state index in [-0.39, 0.29) is 0 Å². The van der Waals surface area contributed by atoms with Crippen LogP contribution in [0.25, 0.3) is 0 Å². The summed E-state index contributed by atoms with van der Waals surface area (Å²) < 4.78 is 5.41. The molecule has 2 heterocycles. The number of anilines is 1. The second-order valence-corrected chi connectivity index (χ2v) is 4.57. The van der Waals surface area contributed by atoms with Crippen LogP contribution >= 0.6 is 11.3 Å². The Morgan fingerprint density at radius 1 is 1.41 bits per heavy atom. The van der Waals surface area contributed by atoms with Crippen molar-refractivity contribution in [2.24, 2.45) is 0 Å². The molecule has 2 aromatic heterocycles. The maximum absolute atomic E-state index is 5.41. The SMILES string of the molecule is CCNCc1nnc(NCCc2cccs2)o1. The van der Waals surface area contributed by atoms with Crippen molar-refractivity contribution in [2.45, 2.75) is 19.9 Å². The summed E-state index contributed by atoms with van der Waals surface area (Å²) in [5.74, 6) is 0.616. The number of hydrogen-bond acceptors (Lipinski definition) is 6. The molecule has 0 spiro atoms. The molecule has 0 amide bonds. The molecule has 2 rings (SSSR count). The van der Waals surface area contributed by atoms with Crippen molar-refractivity contribution in [1.82, 2.24) is 15.5 Å². The van der Waals surface area contributed by atoms with E-state index in [0.29, 0.717) is 18.5 Å². The van der Waals surface area contributed by atoms with Crippen LogP contribution in [0.1, 0.15) is 17.7 Å². The summed E-state index contributed by atoms with van der Waals surface area (Å²) in [6, 6.07) is 4.67. The first kappa shape index (κ1) is 12.1. The van der Waals surface area contributed by atoms with Gasteiger partial charge in [-0.1, -0.05) is 18.1 Å². The molecule has 0 saturated heterocycles. The van der Waals surface area contributed by atoms with Crippen LogP contribution in [-0.2, 0) is 13.0 Å². The lowest BCUT2D eigenvalue weighted by atomic mass is 10.3. The zero-order valence-corrected chi connectivity index (χ0v) is 10.6. The highest BCUT2D eigenvalue weighted by molar-refractivity contribution is 7.09. The molecule has 0 aliphatic heterocycles. The molecular weight excluding hydrogens is 236 g/mol. The molecular formula is C11H16N4OS. The summed E-state index contributed by atoms with van der Waals surface area (Å²) in [6.45, 7) is 4.36. The Balaban J connectivity index is 1.73. The summed E-state index contributed by atoms with van der Waals surface area (Å²) in [4.78, 5) is 1.35. The zero-order chi connectivity index (χ0) is 11.9. The first-order valence-electron chi connectivity index (χ1n) is 5.68. The van der Waals surface area contributed by atoms with Crippen LogP contribution < -0.4 is 10.6 Å². The van der Waals surface area contributed by atoms with Gasteiger partial charge in [-0.15, -0.1) is 16.4 Å². The van der Waals surface area contributed by atoms with Crippen LogP contribution in [-0.4, -0.2) is 23.3 Å². The predicted octanol–water partition coefficient (Wildman–Crippen LogP) is 1.90. The number of thiophene rings is 1. The topological polar surface area (TPSA) is 63.0 Å². The van der Waals surface area contributed by atoms with Gasteiger partial charge in [0.2, 0.25) is 5.89 Å². The van der Waals surface area contributed by atoms with Crippen molar-refractivity contribution in [3.8, 4) is 0 Å². The summed E-state index contributed by atoms with van der Waals surface area (Å²) in [6.07, 6.45) is 0.975. The molecule has 0 aliphatic carbocycles. The monoisotopic (exact) mass is 252 g/mol. The molecule has 0 saturated carbocycles. The first-order valence-corrected chi connectivity index (χ1v) is 6.56.